The molecule has 6 aromatic rings. The fraction of sp³-hybridized carbons (Fsp3) is 0.403. The van der Waals surface area contributed by atoms with Crippen LogP contribution in [-0.4, -0.2) is 34.6 Å². The van der Waals surface area contributed by atoms with E-state index in [2.05, 4.69) is 13.8 Å². The second-order valence-corrected chi connectivity index (χ2v) is 21.7. The molecule has 2 atom stereocenters. The van der Waals surface area contributed by atoms with Crippen LogP contribution in [0.5, 0.6) is 23.0 Å². The Balaban J connectivity index is 0.000000291. The van der Waals surface area contributed by atoms with Crippen molar-refractivity contribution in [1.29, 1.82) is 0 Å². The molecule has 0 bridgehead atoms. The Hall–Kier alpha value is -6.36. The van der Waals surface area contributed by atoms with Crippen molar-refractivity contribution in [1.82, 2.24) is 0 Å². The van der Waals surface area contributed by atoms with Crippen molar-refractivity contribution >= 4 is 47.1 Å². The predicted octanol–water partition coefficient (Wildman–Crippen LogP) is 18.7. The summed E-state index contributed by atoms with van der Waals surface area (Å²) in [5, 5.41) is -1.41. The van der Waals surface area contributed by atoms with Gasteiger partial charge < -0.3 is 18.9 Å². The van der Waals surface area contributed by atoms with E-state index in [4.69, 9.17) is 42.1 Å². The van der Waals surface area contributed by atoms with E-state index in [-0.39, 0.29) is 34.6 Å². The third kappa shape index (κ3) is 21.7. The zero-order valence-electron chi connectivity index (χ0n) is 46.8. The number of carbonyl (C=O) groups excluding carboxylic acids is 4. The van der Waals surface area contributed by atoms with Gasteiger partial charge in [-0.15, -0.1) is 23.2 Å². The lowest BCUT2D eigenvalue weighted by Gasteiger charge is -2.12. The van der Waals surface area contributed by atoms with Gasteiger partial charge in [0.1, 0.15) is 45.4 Å². The van der Waals surface area contributed by atoms with E-state index in [1.807, 2.05) is 76.2 Å². The topological polar surface area (TPSA) is 105 Å². The Kier molecular flexibility index (Phi) is 27.3. The molecular weight excluding hydrogens is 1040 g/mol. The predicted molar refractivity (Wildman–Crippen MR) is 315 cm³/mol. The Morgan fingerprint density at radius 2 is 0.646 bits per heavy atom. The van der Waals surface area contributed by atoms with Crippen LogP contribution in [0, 0.1) is 23.5 Å². The summed E-state index contributed by atoms with van der Waals surface area (Å²) in [5.74, 6) is -1.38. The van der Waals surface area contributed by atoms with Gasteiger partial charge in [0.2, 0.25) is 0 Å². The summed E-state index contributed by atoms with van der Waals surface area (Å²) in [5.41, 5.74) is 5.22. The van der Waals surface area contributed by atoms with Gasteiger partial charge in [-0.1, -0.05) is 186 Å². The minimum Gasteiger partial charge on any atom is -0.425 e. The molecule has 0 saturated heterocycles. The Morgan fingerprint density at radius 1 is 0.380 bits per heavy atom. The van der Waals surface area contributed by atoms with Gasteiger partial charge >= 0.3 is 23.9 Å². The third-order valence-electron chi connectivity index (χ3n) is 13.5. The van der Waals surface area contributed by atoms with Crippen molar-refractivity contribution in [2.45, 2.75) is 161 Å². The fourth-order valence-corrected chi connectivity index (χ4v) is 8.65. The van der Waals surface area contributed by atoms with Crippen LogP contribution in [0.4, 0.5) is 8.78 Å². The molecule has 2 unspecified atom stereocenters. The maximum Gasteiger partial charge on any atom is 0.343 e. The van der Waals surface area contributed by atoms with E-state index in [0.29, 0.717) is 47.0 Å². The summed E-state index contributed by atoms with van der Waals surface area (Å²) >= 11 is 12.1. The number of alkyl halides is 2. The van der Waals surface area contributed by atoms with Crippen molar-refractivity contribution in [3.8, 4) is 45.3 Å². The van der Waals surface area contributed by atoms with E-state index in [0.717, 1.165) is 47.9 Å². The molecule has 0 fully saturated rings. The summed E-state index contributed by atoms with van der Waals surface area (Å²) in [4.78, 5) is 49.3. The molecule has 0 heterocycles. The molecule has 0 spiro atoms. The normalized spacial score (nSPS) is 11.8. The van der Waals surface area contributed by atoms with Gasteiger partial charge in [0.25, 0.3) is 0 Å². The van der Waals surface area contributed by atoms with Crippen LogP contribution < -0.4 is 18.9 Å². The fourth-order valence-electron chi connectivity index (χ4n) is 8.56. The minimum absolute atomic E-state index is 0.0239. The number of aryl methyl sites for hydroxylation is 2. The lowest BCUT2D eigenvalue weighted by Crippen LogP contribution is -2.25. The Morgan fingerprint density at radius 3 is 0.911 bits per heavy atom. The molecule has 0 radical (unpaired) electrons. The average Bonchev–Trinajstić information content (AvgIpc) is 3.44. The van der Waals surface area contributed by atoms with Crippen LogP contribution in [0.25, 0.3) is 22.3 Å². The maximum atomic E-state index is 14.6. The number of halogens is 4. The van der Waals surface area contributed by atoms with Gasteiger partial charge in [-0.2, -0.15) is 0 Å². The molecule has 0 aliphatic rings. The third-order valence-corrected chi connectivity index (χ3v) is 14.9. The quantitative estimate of drug-likeness (QED) is 0.0198. The standard InChI is InChI=1S/C34H40ClFO4.C33H38ClFO4/c1-4-5-6-7-8-9-10-11-12-27-13-14-28(23-31(27)36)33(37)39-29-19-15-25(16-20-29)26-17-21-30(22-18-26)40-34(38)32(35)24(2)3;1-4-5-6-7-8-9-10-11-26-12-13-27(22-30(26)35)32(36)38-28-18-14-24(15-19-28)25-16-20-29(21-17-25)39-33(37)31(34)23(2)3/h13-24,32H,4-12H2,1-3H3;12-23,31H,4-11H2,1-3H3. The first-order valence-electron chi connectivity index (χ1n) is 28.2. The monoisotopic (exact) mass is 1120 g/mol. The van der Waals surface area contributed by atoms with Gasteiger partial charge in [-0.25, -0.2) is 18.4 Å². The number of hydrogen-bond donors (Lipinski definition) is 0. The summed E-state index contributed by atoms with van der Waals surface area (Å²) < 4.78 is 50.8. The molecule has 6 aromatic carbocycles. The van der Waals surface area contributed by atoms with Gasteiger partial charge in [-0.05, 0) is 144 Å². The van der Waals surface area contributed by atoms with Crippen LogP contribution >= 0.6 is 23.2 Å². The highest BCUT2D eigenvalue weighted by Crippen LogP contribution is 2.29. The molecule has 6 rings (SSSR count). The number of rotatable bonds is 29. The van der Waals surface area contributed by atoms with E-state index in [1.54, 1.807) is 72.8 Å². The van der Waals surface area contributed by atoms with E-state index >= 15 is 0 Å². The molecule has 12 heteroatoms. The molecule has 0 N–H and O–H groups in total. The van der Waals surface area contributed by atoms with E-state index in [1.165, 1.54) is 82.8 Å². The smallest absolute Gasteiger partial charge is 0.343 e. The lowest BCUT2D eigenvalue weighted by molar-refractivity contribution is -0.135. The number of hydrogen-bond acceptors (Lipinski definition) is 8. The van der Waals surface area contributed by atoms with Crippen LogP contribution in [0.3, 0.4) is 0 Å². The number of unbranched alkanes of at least 4 members (excludes halogenated alkanes) is 13. The molecule has 0 amide bonds. The zero-order valence-corrected chi connectivity index (χ0v) is 48.3. The number of benzene rings is 6. The molecule has 0 aliphatic heterocycles. The first-order chi connectivity index (χ1) is 38.1. The lowest BCUT2D eigenvalue weighted by atomic mass is 10.0. The molecule has 8 nitrogen and oxygen atoms in total. The van der Waals surface area contributed by atoms with Crippen molar-refractivity contribution in [3.05, 3.63) is 167 Å². The van der Waals surface area contributed by atoms with Crippen molar-refractivity contribution in [2.24, 2.45) is 11.8 Å². The highest BCUT2D eigenvalue weighted by atomic mass is 35.5. The average molecular weight is 1120 g/mol. The van der Waals surface area contributed by atoms with Crippen LogP contribution in [0.1, 0.15) is 170 Å². The molecule has 79 heavy (non-hydrogen) atoms. The summed E-state index contributed by atoms with van der Waals surface area (Å²) in [6, 6.07) is 37.3. The van der Waals surface area contributed by atoms with Crippen LogP contribution in [-0.2, 0) is 22.4 Å². The van der Waals surface area contributed by atoms with Gasteiger partial charge in [-0.3, -0.25) is 9.59 Å². The number of esters is 4. The summed E-state index contributed by atoms with van der Waals surface area (Å²) in [6.07, 6.45) is 19.2. The van der Waals surface area contributed by atoms with Gasteiger partial charge in [0.15, 0.2) is 0 Å². The van der Waals surface area contributed by atoms with Gasteiger partial charge in [0, 0.05) is 0 Å². The largest absolute Gasteiger partial charge is 0.425 e. The molecule has 0 aliphatic carbocycles. The first-order valence-corrected chi connectivity index (χ1v) is 29.1. The Labute approximate surface area is 477 Å². The van der Waals surface area contributed by atoms with Gasteiger partial charge in [0.05, 0.1) is 11.1 Å². The molecule has 0 saturated carbocycles. The second kappa shape index (κ2) is 33.9. The van der Waals surface area contributed by atoms with Crippen molar-refractivity contribution in [2.75, 3.05) is 0 Å². The molecular formula is C67H78Cl2F2O8. The zero-order chi connectivity index (χ0) is 57.1. The maximum absolute atomic E-state index is 14.6. The minimum atomic E-state index is -0.705. The van der Waals surface area contributed by atoms with Crippen molar-refractivity contribution < 1.29 is 46.9 Å². The molecule has 422 valence electrons. The molecule has 0 aromatic heterocycles. The van der Waals surface area contributed by atoms with E-state index in [9.17, 15) is 28.0 Å². The van der Waals surface area contributed by atoms with Crippen LogP contribution in [0.2, 0.25) is 0 Å². The van der Waals surface area contributed by atoms with Crippen molar-refractivity contribution in [3.63, 3.8) is 0 Å². The number of ether oxygens (including phenoxy) is 4. The van der Waals surface area contributed by atoms with E-state index < -0.39 is 34.6 Å². The summed E-state index contributed by atoms with van der Waals surface area (Å²) in [6.45, 7) is 11.8. The summed E-state index contributed by atoms with van der Waals surface area (Å²) in [7, 11) is 0. The SMILES string of the molecule is CCCCCCCCCCc1ccc(C(=O)Oc2ccc(-c3ccc(OC(=O)C(Cl)C(C)C)cc3)cc2)cc1F.CCCCCCCCCc1ccc(C(=O)Oc2ccc(-c3ccc(OC(=O)C(Cl)C(C)C)cc3)cc2)cc1F. The second-order valence-electron chi connectivity index (χ2n) is 20.7. The van der Waals surface area contributed by atoms with Crippen LogP contribution in [0.15, 0.2) is 133 Å². The highest BCUT2D eigenvalue weighted by Gasteiger charge is 2.23. The number of carbonyl (C=O) groups is 4. The Bertz CT molecular complexity index is 2810. The highest BCUT2D eigenvalue weighted by molar-refractivity contribution is 6.30. The first kappa shape index (κ1) is 63.5.